The Bertz CT molecular complexity index is 263. The molecule has 3 nitrogen and oxygen atoms in total. The Hall–Kier alpha value is -0.120. The summed E-state index contributed by atoms with van der Waals surface area (Å²) in [6.45, 7) is 9.50. The van der Waals surface area contributed by atoms with Crippen molar-refractivity contribution in [2.24, 2.45) is 5.92 Å². The van der Waals surface area contributed by atoms with Gasteiger partial charge in [-0.15, -0.1) is 0 Å². The molecule has 0 radical (unpaired) electrons. The number of hydrogen-bond acceptors (Lipinski definition) is 3. The Morgan fingerprint density at radius 1 is 1.26 bits per heavy atom. The molecule has 0 aromatic rings. The highest BCUT2D eigenvalue weighted by Gasteiger charge is 2.39. The number of hydrogen-bond donors (Lipinski definition) is 1. The fourth-order valence-corrected chi connectivity index (χ4v) is 3.63. The zero-order valence-electron chi connectivity index (χ0n) is 13.5. The van der Waals surface area contributed by atoms with Gasteiger partial charge in [0.25, 0.3) is 0 Å². The van der Waals surface area contributed by atoms with Crippen molar-refractivity contribution >= 4 is 0 Å². The standard InChI is InChI=1S/C16H33N3/c1-12(2)8-14(10-18(4)5)17-15-9-13(3)19(11-15)16-6-7-16/h12-17H,6-11H2,1-5H3. The van der Waals surface area contributed by atoms with Crippen molar-refractivity contribution in [3.63, 3.8) is 0 Å². The maximum atomic E-state index is 3.94. The lowest BCUT2D eigenvalue weighted by molar-refractivity contribution is 0.248. The summed E-state index contributed by atoms with van der Waals surface area (Å²) in [7, 11) is 4.37. The quantitative estimate of drug-likeness (QED) is 0.763. The van der Waals surface area contributed by atoms with Crippen molar-refractivity contribution in [2.75, 3.05) is 27.2 Å². The zero-order valence-corrected chi connectivity index (χ0v) is 13.5. The van der Waals surface area contributed by atoms with Gasteiger partial charge in [0.2, 0.25) is 0 Å². The molecular weight excluding hydrogens is 234 g/mol. The monoisotopic (exact) mass is 267 g/mol. The molecule has 3 heteroatoms. The maximum absolute atomic E-state index is 3.94. The predicted octanol–water partition coefficient (Wildman–Crippen LogP) is 2.18. The van der Waals surface area contributed by atoms with Crippen LogP contribution >= 0.6 is 0 Å². The highest BCUT2D eigenvalue weighted by molar-refractivity contribution is 4.96. The van der Waals surface area contributed by atoms with E-state index in [0.29, 0.717) is 12.1 Å². The molecule has 1 N–H and O–H groups in total. The molecule has 0 spiro atoms. The van der Waals surface area contributed by atoms with E-state index < -0.39 is 0 Å². The first-order valence-electron chi connectivity index (χ1n) is 8.12. The van der Waals surface area contributed by atoms with Gasteiger partial charge in [0.05, 0.1) is 0 Å². The smallest absolute Gasteiger partial charge is 0.0213 e. The van der Waals surface area contributed by atoms with Gasteiger partial charge < -0.3 is 10.2 Å². The largest absolute Gasteiger partial charge is 0.309 e. The van der Waals surface area contributed by atoms with Crippen LogP contribution in [0.15, 0.2) is 0 Å². The molecule has 1 heterocycles. The molecule has 3 unspecified atom stereocenters. The summed E-state index contributed by atoms with van der Waals surface area (Å²) in [6, 6.07) is 3.05. The van der Waals surface area contributed by atoms with Crippen LogP contribution in [0.3, 0.4) is 0 Å². The second kappa shape index (κ2) is 6.55. The van der Waals surface area contributed by atoms with Gasteiger partial charge in [-0.2, -0.15) is 0 Å². The third-order valence-electron chi connectivity index (χ3n) is 4.45. The van der Waals surface area contributed by atoms with Gasteiger partial charge in [-0.1, -0.05) is 13.8 Å². The van der Waals surface area contributed by atoms with E-state index in [9.17, 15) is 0 Å². The van der Waals surface area contributed by atoms with Crippen molar-refractivity contribution in [1.29, 1.82) is 0 Å². The molecule has 0 amide bonds. The SMILES string of the molecule is CC(C)CC(CN(C)C)NC1CC(C)N(C2CC2)C1. The molecule has 112 valence electrons. The van der Waals surface area contributed by atoms with E-state index in [2.05, 4.69) is 50.0 Å². The highest BCUT2D eigenvalue weighted by Crippen LogP contribution is 2.33. The normalized spacial score (nSPS) is 30.5. The van der Waals surface area contributed by atoms with E-state index in [-0.39, 0.29) is 0 Å². The van der Waals surface area contributed by atoms with Gasteiger partial charge in [0.15, 0.2) is 0 Å². The third kappa shape index (κ3) is 4.73. The average molecular weight is 267 g/mol. The number of likely N-dealkylation sites (N-methyl/N-ethyl adjacent to an activating group) is 1. The fourth-order valence-electron chi connectivity index (χ4n) is 3.63. The van der Waals surface area contributed by atoms with E-state index in [0.717, 1.165) is 24.5 Å². The van der Waals surface area contributed by atoms with Crippen LogP contribution in [0.4, 0.5) is 0 Å². The van der Waals surface area contributed by atoms with Crippen LogP contribution in [0.1, 0.15) is 46.5 Å². The van der Waals surface area contributed by atoms with Crippen LogP contribution in [-0.2, 0) is 0 Å². The third-order valence-corrected chi connectivity index (χ3v) is 4.45. The van der Waals surface area contributed by atoms with Crippen molar-refractivity contribution in [3.05, 3.63) is 0 Å². The number of rotatable bonds is 7. The Morgan fingerprint density at radius 3 is 2.47 bits per heavy atom. The second-order valence-electron chi connectivity index (χ2n) is 7.46. The predicted molar refractivity (Wildman–Crippen MR) is 82.5 cm³/mol. The molecule has 1 aliphatic carbocycles. The Morgan fingerprint density at radius 2 is 1.95 bits per heavy atom. The summed E-state index contributed by atoms with van der Waals surface area (Å²) in [6.07, 6.45) is 5.49. The van der Waals surface area contributed by atoms with E-state index in [1.165, 1.54) is 32.2 Å². The van der Waals surface area contributed by atoms with Gasteiger partial charge >= 0.3 is 0 Å². The van der Waals surface area contributed by atoms with Gasteiger partial charge in [-0.05, 0) is 52.6 Å². The number of nitrogens with one attached hydrogen (secondary N) is 1. The topological polar surface area (TPSA) is 18.5 Å². The number of likely N-dealkylation sites (tertiary alicyclic amines) is 1. The van der Waals surface area contributed by atoms with E-state index >= 15 is 0 Å². The zero-order chi connectivity index (χ0) is 14.0. The minimum atomic E-state index is 0.645. The van der Waals surface area contributed by atoms with Crippen LogP contribution in [0.25, 0.3) is 0 Å². The minimum absolute atomic E-state index is 0.645. The van der Waals surface area contributed by atoms with E-state index in [1.807, 2.05) is 0 Å². The first-order valence-corrected chi connectivity index (χ1v) is 8.12. The summed E-state index contributed by atoms with van der Waals surface area (Å²) < 4.78 is 0. The molecule has 2 fully saturated rings. The van der Waals surface area contributed by atoms with Crippen LogP contribution in [0, 0.1) is 5.92 Å². The summed E-state index contributed by atoms with van der Waals surface area (Å²) in [5, 5.41) is 3.94. The van der Waals surface area contributed by atoms with Crippen LogP contribution in [-0.4, -0.2) is 61.2 Å². The summed E-state index contributed by atoms with van der Waals surface area (Å²) >= 11 is 0. The summed E-state index contributed by atoms with van der Waals surface area (Å²) in [5.74, 6) is 0.774. The van der Waals surface area contributed by atoms with Crippen LogP contribution in [0.5, 0.6) is 0 Å². The lowest BCUT2D eigenvalue weighted by Crippen LogP contribution is -2.45. The summed E-state index contributed by atoms with van der Waals surface area (Å²) in [5.41, 5.74) is 0. The molecule has 1 saturated heterocycles. The van der Waals surface area contributed by atoms with E-state index in [1.54, 1.807) is 0 Å². The molecule has 0 aromatic carbocycles. The maximum Gasteiger partial charge on any atom is 0.0213 e. The lowest BCUT2D eigenvalue weighted by atomic mass is 10.0. The molecular formula is C16H33N3. The van der Waals surface area contributed by atoms with Crippen LogP contribution < -0.4 is 5.32 Å². The molecule has 0 bridgehead atoms. The molecule has 2 rings (SSSR count). The first-order chi connectivity index (χ1) is 8.95. The Labute approximate surface area is 119 Å². The average Bonchev–Trinajstić information content (AvgIpc) is 3.02. The van der Waals surface area contributed by atoms with Crippen molar-refractivity contribution in [1.82, 2.24) is 15.1 Å². The molecule has 3 atom stereocenters. The van der Waals surface area contributed by atoms with Crippen LogP contribution in [0.2, 0.25) is 0 Å². The van der Waals surface area contributed by atoms with Gasteiger partial charge in [0.1, 0.15) is 0 Å². The second-order valence-corrected chi connectivity index (χ2v) is 7.46. The molecule has 1 aliphatic heterocycles. The van der Waals surface area contributed by atoms with Gasteiger partial charge in [-0.25, -0.2) is 0 Å². The molecule has 19 heavy (non-hydrogen) atoms. The van der Waals surface area contributed by atoms with Gasteiger partial charge in [-0.3, -0.25) is 4.90 Å². The molecule has 2 aliphatic rings. The summed E-state index contributed by atoms with van der Waals surface area (Å²) in [4.78, 5) is 5.05. The lowest BCUT2D eigenvalue weighted by Gasteiger charge is -2.27. The van der Waals surface area contributed by atoms with Crippen molar-refractivity contribution in [3.8, 4) is 0 Å². The minimum Gasteiger partial charge on any atom is -0.309 e. The molecule has 1 saturated carbocycles. The van der Waals surface area contributed by atoms with Gasteiger partial charge in [0, 0.05) is 37.3 Å². The Kier molecular flexibility index (Phi) is 5.27. The van der Waals surface area contributed by atoms with Crippen molar-refractivity contribution in [2.45, 2.75) is 70.6 Å². The van der Waals surface area contributed by atoms with E-state index in [4.69, 9.17) is 0 Å². The Balaban J connectivity index is 1.82. The molecule has 0 aromatic heterocycles. The number of nitrogens with zero attached hydrogens (tertiary/aromatic N) is 2. The first kappa shape index (κ1) is 15.3. The van der Waals surface area contributed by atoms with Crippen molar-refractivity contribution < 1.29 is 0 Å². The fraction of sp³-hybridized carbons (Fsp3) is 1.00. The highest BCUT2D eigenvalue weighted by atomic mass is 15.3.